The summed E-state index contributed by atoms with van der Waals surface area (Å²) in [5.41, 5.74) is 0. The Morgan fingerprint density at radius 1 is 1.00 bits per heavy atom. The molecular formula is C15H23ClO4. The van der Waals surface area contributed by atoms with Crippen molar-refractivity contribution >= 4 is 11.6 Å². The molecule has 0 aliphatic rings. The van der Waals surface area contributed by atoms with Crippen molar-refractivity contribution in [1.82, 2.24) is 0 Å². The number of hydrogen-bond acceptors (Lipinski definition) is 4. The minimum atomic E-state index is 0.550. The van der Waals surface area contributed by atoms with Crippen LogP contribution in [0.15, 0.2) is 12.1 Å². The topological polar surface area (TPSA) is 36.9 Å². The predicted octanol–water partition coefficient (Wildman–Crippen LogP) is 3.75. The zero-order valence-corrected chi connectivity index (χ0v) is 13.3. The van der Waals surface area contributed by atoms with E-state index in [4.69, 9.17) is 30.5 Å². The van der Waals surface area contributed by atoms with Crippen LogP contribution in [0.1, 0.15) is 19.8 Å². The molecule has 1 aromatic rings. The zero-order chi connectivity index (χ0) is 15.0. The predicted molar refractivity (Wildman–Crippen MR) is 80.7 cm³/mol. The first-order valence-electron chi connectivity index (χ1n) is 6.65. The molecule has 5 heteroatoms. The van der Waals surface area contributed by atoms with Crippen LogP contribution in [0.25, 0.3) is 0 Å². The average Bonchev–Trinajstić information content (AvgIpc) is 2.46. The number of hydrogen-bond donors (Lipinski definition) is 0. The van der Waals surface area contributed by atoms with Gasteiger partial charge in [0.2, 0.25) is 5.75 Å². The normalized spacial score (nSPS) is 11.8. The van der Waals surface area contributed by atoms with Crippen molar-refractivity contribution in [3.63, 3.8) is 0 Å². The minimum Gasteiger partial charge on any atom is -0.493 e. The molecule has 1 rings (SSSR count). The molecule has 0 bridgehead atoms. The molecule has 20 heavy (non-hydrogen) atoms. The van der Waals surface area contributed by atoms with Crippen molar-refractivity contribution in [2.75, 3.05) is 33.8 Å². The van der Waals surface area contributed by atoms with Crippen LogP contribution in [0.4, 0.5) is 0 Å². The smallest absolute Gasteiger partial charge is 0.203 e. The Hall–Kier alpha value is -1.29. The highest BCUT2D eigenvalue weighted by molar-refractivity contribution is 6.17. The van der Waals surface area contributed by atoms with Gasteiger partial charge in [-0.05, 0) is 18.8 Å². The van der Waals surface area contributed by atoms with Crippen molar-refractivity contribution in [1.29, 1.82) is 0 Å². The van der Waals surface area contributed by atoms with Crippen LogP contribution in [0.2, 0.25) is 0 Å². The molecule has 114 valence electrons. The molecule has 0 heterocycles. The zero-order valence-electron chi connectivity index (χ0n) is 12.6. The van der Waals surface area contributed by atoms with Crippen molar-refractivity contribution in [3.8, 4) is 23.0 Å². The van der Waals surface area contributed by atoms with E-state index in [0.29, 0.717) is 41.4 Å². The molecule has 0 N–H and O–H groups in total. The van der Waals surface area contributed by atoms with Crippen LogP contribution >= 0.6 is 11.6 Å². The van der Waals surface area contributed by atoms with Crippen LogP contribution in [0.3, 0.4) is 0 Å². The molecule has 0 spiro atoms. The summed E-state index contributed by atoms with van der Waals surface area (Å²) in [4.78, 5) is 0. The summed E-state index contributed by atoms with van der Waals surface area (Å²) in [6.07, 6.45) is 1.96. The van der Waals surface area contributed by atoms with E-state index in [9.17, 15) is 0 Å². The maximum absolute atomic E-state index is 5.75. The van der Waals surface area contributed by atoms with E-state index < -0.39 is 0 Å². The molecule has 0 aliphatic carbocycles. The summed E-state index contributed by atoms with van der Waals surface area (Å²) in [6, 6.07) is 3.60. The summed E-state index contributed by atoms with van der Waals surface area (Å²) < 4.78 is 21.6. The van der Waals surface area contributed by atoms with Gasteiger partial charge in [0, 0.05) is 18.0 Å². The van der Waals surface area contributed by atoms with Crippen LogP contribution in [0.5, 0.6) is 23.0 Å². The third kappa shape index (κ3) is 4.67. The summed E-state index contributed by atoms with van der Waals surface area (Å²) in [5.74, 6) is 3.70. The van der Waals surface area contributed by atoms with E-state index in [0.717, 1.165) is 12.8 Å². The van der Waals surface area contributed by atoms with Gasteiger partial charge in [0.25, 0.3) is 0 Å². The Morgan fingerprint density at radius 2 is 1.60 bits per heavy atom. The first kappa shape index (κ1) is 16.8. The Morgan fingerprint density at radius 3 is 2.05 bits per heavy atom. The molecule has 0 saturated carbocycles. The van der Waals surface area contributed by atoms with E-state index in [1.54, 1.807) is 33.5 Å². The Labute approximate surface area is 125 Å². The van der Waals surface area contributed by atoms with Crippen LogP contribution in [-0.2, 0) is 0 Å². The fraction of sp³-hybridized carbons (Fsp3) is 0.600. The van der Waals surface area contributed by atoms with Gasteiger partial charge in [0.1, 0.15) is 5.75 Å². The molecule has 0 aliphatic heterocycles. The lowest BCUT2D eigenvalue weighted by molar-refractivity contribution is 0.274. The fourth-order valence-electron chi connectivity index (χ4n) is 1.85. The number of halogens is 1. The van der Waals surface area contributed by atoms with E-state index in [1.807, 2.05) is 0 Å². The molecule has 1 aromatic carbocycles. The average molecular weight is 303 g/mol. The molecule has 0 amide bonds. The van der Waals surface area contributed by atoms with Gasteiger partial charge < -0.3 is 18.9 Å². The number of ether oxygens (including phenoxy) is 4. The Kier molecular flexibility index (Phi) is 7.37. The van der Waals surface area contributed by atoms with Gasteiger partial charge in [-0.3, -0.25) is 0 Å². The summed E-state index contributed by atoms with van der Waals surface area (Å²) in [5, 5.41) is 0. The van der Waals surface area contributed by atoms with Crippen molar-refractivity contribution in [3.05, 3.63) is 12.1 Å². The van der Waals surface area contributed by atoms with Crippen molar-refractivity contribution in [2.45, 2.75) is 19.8 Å². The molecule has 0 aromatic heterocycles. The van der Waals surface area contributed by atoms with Gasteiger partial charge in [0.05, 0.1) is 27.9 Å². The highest BCUT2D eigenvalue weighted by atomic mass is 35.5. The summed E-state index contributed by atoms with van der Waals surface area (Å²) >= 11 is 5.72. The molecule has 4 nitrogen and oxygen atoms in total. The van der Waals surface area contributed by atoms with Crippen LogP contribution in [-0.4, -0.2) is 33.8 Å². The fourth-order valence-corrected chi connectivity index (χ4v) is 2.22. The third-order valence-corrected chi connectivity index (χ3v) is 3.34. The summed E-state index contributed by atoms with van der Waals surface area (Å²) in [6.45, 7) is 2.80. The van der Waals surface area contributed by atoms with E-state index >= 15 is 0 Å². The van der Waals surface area contributed by atoms with Gasteiger partial charge in [-0.15, -0.1) is 11.6 Å². The van der Waals surface area contributed by atoms with Gasteiger partial charge in [-0.2, -0.15) is 0 Å². The molecule has 0 radical (unpaired) electrons. The molecule has 1 unspecified atom stereocenters. The first-order chi connectivity index (χ1) is 9.65. The molecule has 0 fully saturated rings. The largest absolute Gasteiger partial charge is 0.493 e. The SMILES string of the molecule is COc1cc(OCCC(C)CCCl)cc(OC)c1OC. The van der Waals surface area contributed by atoms with Gasteiger partial charge in [-0.1, -0.05) is 6.92 Å². The number of methoxy groups -OCH3 is 3. The van der Waals surface area contributed by atoms with Gasteiger partial charge in [-0.25, -0.2) is 0 Å². The maximum atomic E-state index is 5.75. The van der Waals surface area contributed by atoms with Gasteiger partial charge >= 0.3 is 0 Å². The number of benzene rings is 1. The number of alkyl halides is 1. The third-order valence-electron chi connectivity index (χ3n) is 3.12. The lowest BCUT2D eigenvalue weighted by atomic mass is 10.1. The second-order valence-corrected chi connectivity index (χ2v) is 4.96. The minimum absolute atomic E-state index is 0.550. The van der Waals surface area contributed by atoms with Crippen LogP contribution in [0, 0.1) is 5.92 Å². The van der Waals surface area contributed by atoms with E-state index in [2.05, 4.69) is 6.92 Å². The van der Waals surface area contributed by atoms with Crippen LogP contribution < -0.4 is 18.9 Å². The molecule has 0 saturated heterocycles. The van der Waals surface area contributed by atoms with Gasteiger partial charge in [0.15, 0.2) is 11.5 Å². The van der Waals surface area contributed by atoms with Crippen molar-refractivity contribution < 1.29 is 18.9 Å². The molecule has 1 atom stereocenters. The number of rotatable bonds is 9. The summed E-state index contributed by atoms with van der Waals surface area (Å²) in [7, 11) is 4.75. The highest BCUT2D eigenvalue weighted by Crippen LogP contribution is 2.40. The standard InChI is InChI=1S/C15H23ClO4/c1-11(5-7-16)6-8-20-12-9-13(17-2)15(19-4)14(10-12)18-3/h9-11H,5-8H2,1-4H3. The second kappa shape index (κ2) is 8.80. The lowest BCUT2D eigenvalue weighted by Crippen LogP contribution is -2.05. The monoisotopic (exact) mass is 302 g/mol. The lowest BCUT2D eigenvalue weighted by Gasteiger charge is -2.15. The van der Waals surface area contributed by atoms with Crippen molar-refractivity contribution in [2.24, 2.45) is 5.92 Å². The quantitative estimate of drug-likeness (QED) is 0.651. The second-order valence-electron chi connectivity index (χ2n) is 4.58. The van der Waals surface area contributed by atoms with E-state index in [1.165, 1.54) is 0 Å². The first-order valence-corrected chi connectivity index (χ1v) is 7.18. The highest BCUT2D eigenvalue weighted by Gasteiger charge is 2.14. The molecular weight excluding hydrogens is 280 g/mol. The van der Waals surface area contributed by atoms with E-state index in [-0.39, 0.29) is 0 Å². The Balaban J connectivity index is 2.71. The Bertz CT molecular complexity index is 384. The maximum Gasteiger partial charge on any atom is 0.203 e.